The molecular weight excluding hydrogens is 374 g/mol. The first-order chi connectivity index (χ1) is 13.6. The molecule has 0 atom stereocenters. The fourth-order valence-electron chi connectivity index (χ4n) is 2.43. The Hall–Kier alpha value is -3.06. The van der Waals surface area contributed by atoms with Gasteiger partial charge in [0.05, 0.1) is 11.3 Å². The molecule has 2 aromatic carbocycles. The Kier molecular flexibility index (Phi) is 6.86. The van der Waals surface area contributed by atoms with Crippen molar-refractivity contribution >= 4 is 23.6 Å². The van der Waals surface area contributed by atoms with Gasteiger partial charge >= 0.3 is 5.97 Å². The SMILES string of the molecule is Cc1ccc(SCCNC(=O)COC(=O)c2ccc(-n3cccn3)cc2)cc1. The molecule has 0 spiro atoms. The van der Waals surface area contributed by atoms with Gasteiger partial charge in [-0.25, -0.2) is 9.48 Å². The highest BCUT2D eigenvalue weighted by Gasteiger charge is 2.10. The third-order valence-electron chi connectivity index (χ3n) is 3.92. The molecule has 7 heteroatoms. The van der Waals surface area contributed by atoms with E-state index in [0.717, 1.165) is 16.3 Å². The molecule has 1 heterocycles. The summed E-state index contributed by atoms with van der Waals surface area (Å²) in [6.45, 7) is 2.26. The quantitative estimate of drug-likeness (QED) is 0.360. The molecule has 3 rings (SSSR count). The fourth-order valence-corrected chi connectivity index (χ4v) is 3.20. The van der Waals surface area contributed by atoms with E-state index in [1.807, 2.05) is 19.2 Å². The summed E-state index contributed by atoms with van der Waals surface area (Å²) in [5.41, 5.74) is 2.44. The zero-order valence-corrected chi connectivity index (χ0v) is 16.3. The third-order valence-corrected chi connectivity index (χ3v) is 4.93. The molecule has 0 aliphatic heterocycles. The Labute approximate surface area is 167 Å². The summed E-state index contributed by atoms with van der Waals surface area (Å²) >= 11 is 1.66. The largest absolute Gasteiger partial charge is 0.452 e. The number of thioether (sulfide) groups is 1. The average Bonchev–Trinajstić information content (AvgIpc) is 3.26. The van der Waals surface area contributed by atoms with Crippen molar-refractivity contribution < 1.29 is 14.3 Å². The summed E-state index contributed by atoms with van der Waals surface area (Å²) < 4.78 is 6.76. The topological polar surface area (TPSA) is 73.2 Å². The summed E-state index contributed by atoms with van der Waals surface area (Å²) in [6, 6.07) is 16.9. The molecule has 1 amide bonds. The van der Waals surface area contributed by atoms with Crippen LogP contribution in [0.25, 0.3) is 5.69 Å². The van der Waals surface area contributed by atoms with Crippen LogP contribution >= 0.6 is 11.8 Å². The highest BCUT2D eigenvalue weighted by molar-refractivity contribution is 7.99. The van der Waals surface area contributed by atoms with E-state index < -0.39 is 5.97 Å². The Balaban J connectivity index is 1.36. The van der Waals surface area contributed by atoms with Crippen LogP contribution in [-0.4, -0.2) is 40.6 Å². The number of aryl methyl sites for hydroxylation is 1. The second-order valence-corrected chi connectivity index (χ2v) is 7.25. The number of amides is 1. The van der Waals surface area contributed by atoms with Crippen LogP contribution in [0.4, 0.5) is 0 Å². The molecule has 144 valence electrons. The fraction of sp³-hybridized carbons (Fsp3) is 0.190. The lowest BCUT2D eigenvalue weighted by Gasteiger charge is -2.07. The van der Waals surface area contributed by atoms with E-state index in [0.29, 0.717) is 12.1 Å². The molecular formula is C21H21N3O3S. The van der Waals surface area contributed by atoms with Crippen LogP contribution in [0.5, 0.6) is 0 Å². The van der Waals surface area contributed by atoms with Gasteiger partial charge in [-0.1, -0.05) is 17.7 Å². The number of aromatic nitrogens is 2. The second-order valence-electron chi connectivity index (χ2n) is 6.09. The normalized spacial score (nSPS) is 10.5. The Morgan fingerprint density at radius 1 is 1.11 bits per heavy atom. The van der Waals surface area contributed by atoms with Crippen molar-refractivity contribution in [1.82, 2.24) is 15.1 Å². The molecule has 0 fully saturated rings. The smallest absolute Gasteiger partial charge is 0.338 e. The van der Waals surface area contributed by atoms with Crippen LogP contribution in [-0.2, 0) is 9.53 Å². The summed E-state index contributed by atoms with van der Waals surface area (Å²) in [5.74, 6) is -0.0975. The zero-order chi connectivity index (χ0) is 19.8. The van der Waals surface area contributed by atoms with Gasteiger partial charge in [0.15, 0.2) is 6.61 Å². The summed E-state index contributed by atoms with van der Waals surface area (Å²) in [5, 5.41) is 6.88. The van der Waals surface area contributed by atoms with Crippen LogP contribution < -0.4 is 5.32 Å². The zero-order valence-electron chi connectivity index (χ0n) is 15.5. The van der Waals surface area contributed by atoms with Gasteiger partial charge < -0.3 is 10.1 Å². The van der Waals surface area contributed by atoms with E-state index in [9.17, 15) is 9.59 Å². The first kappa shape index (κ1) is 19.7. The monoisotopic (exact) mass is 395 g/mol. The van der Waals surface area contributed by atoms with Crippen LogP contribution in [0.3, 0.4) is 0 Å². The summed E-state index contributed by atoms with van der Waals surface area (Å²) in [6.07, 6.45) is 3.49. The lowest BCUT2D eigenvalue weighted by atomic mass is 10.2. The molecule has 0 unspecified atom stereocenters. The Bertz CT molecular complexity index is 907. The molecule has 0 saturated heterocycles. The van der Waals surface area contributed by atoms with E-state index in [2.05, 4.69) is 34.7 Å². The van der Waals surface area contributed by atoms with Crippen molar-refractivity contribution in [3.05, 3.63) is 78.1 Å². The van der Waals surface area contributed by atoms with Gasteiger partial charge in [-0.05, 0) is 49.4 Å². The number of carbonyl (C=O) groups excluding carboxylic acids is 2. The summed E-state index contributed by atoms with van der Waals surface area (Å²) in [4.78, 5) is 25.1. The number of ether oxygens (including phenoxy) is 1. The summed E-state index contributed by atoms with van der Waals surface area (Å²) in [7, 11) is 0. The van der Waals surface area contributed by atoms with Crippen LogP contribution in [0, 0.1) is 6.92 Å². The molecule has 1 aromatic heterocycles. The molecule has 0 saturated carbocycles. The highest BCUT2D eigenvalue weighted by Crippen LogP contribution is 2.17. The average molecular weight is 395 g/mol. The maximum atomic E-state index is 12.1. The minimum Gasteiger partial charge on any atom is -0.452 e. The number of nitrogens with one attached hydrogen (secondary N) is 1. The lowest BCUT2D eigenvalue weighted by molar-refractivity contribution is -0.124. The number of carbonyl (C=O) groups is 2. The number of esters is 1. The third kappa shape index (κ3) is 5.72. The molecule has 28 heavy (non-hydrogen) atoms. The van der Waals surface area contributed by atoms with Crippen LogP contribution in [0.15, 0.2) is 71.9 Å². The predicted octanol–water partition coefficient (Wildman–Crippen LogP) is 3.25. The van der Waals surface area contributed by atoms with E-state index in [1.54, 1.807) is 46.9 Å². The maximum Gasteiger partial charge on any atom is 0.338 e. The number of hydrogen-bond acceptors (Lipinski definition) is 5. The van der Waals surface area contributed by atoms with Gasteiger partial charge in [-0.15, -0.1) is 11.8 Å². The Morgan fingerprint density at radius 3 is 2.54 bits per heavy atom. The first-order valence-corrected chi connectivity index (χ1v) is 9.84. The van der Waals surface area contributed by atoms with Gasteiger partial charge in [-0.3, -0.25) is 4.79 Å². The standard InChI is InChI=1S/C21H21N3O3S/c1-16-3-9-19(10-4-16)28-14-12-22-20(25)15-27-21(26)17-5-7-18(8-6-17)24-13-2-11-23-24/h2-11,13H,12,14-15H2,1H3,(H,22,25). The van der Waals surface area contributed by atoms with Crippen LogP contribution in [0.1, 0.15) is 15.9 Å². The van der Waals surface area contributed by atoms with E-state index in [-0.39, 0.29) is 12.5 Å². The molecule has 0 aliphatic rings. The van der Waals surface area contributed by atoms with Crippen molar-refractivity contribution in [2.24, 2.45) is 0 Å². The number of hydrogen-bond donors (Lipinski definition) is 1. The number of nitrogens with zero attached hydrogens (tertiary/aromatic N) is 2. The number of benzene rings is 2. The van der Waals surface area contributed by atoms with Crippen molar-refractivity contribution in [2.75, 3.05) is 18.9 Å². The molecule has 0 bridgehead atoms. The molecule has 3 aromatic rings. The van der Waals surface area contributed by atoms with Crippen molar-refractivity contribution in [3.8, 4) is 5.69 Å². The highest BCUT2D eigenvalue weighted by atomic mass is 32.2. The second kappa shape index (κ2) is 9.75. The van der Waals surface area contributed by atoms with E-state index in [1.165, 1.54) is 5.56 Å². The molecule has 1 N–H and O–H groups in total. The van der Waals surface area contributed by atoms with Gasteiger partial charge in [0.25, 0.3) is 5.91 Å². The molecule has 6 nitrogen and oxygen atoms in total. The van der Waals surface area contributed by atoms with E-state index in [4.69, 9.17) is 4.74 Å². The maximum absolute atomic E-state index is 12.1. The van der Waals surface area contributed by atoms with Crippen molar-refractivity contribution in [1.29, 1.82) is 0 Å². The van der Waals surface area contributed by atoms with Crippen molar-refractivity contribution in [2.45, 2.75) is 11.8 Å². The number of rotatable bonds is 8. The van der Waals surface area contributed by atoms with Gasteiger partial charge in [0.1, 0.15) is 0 Å². The lowest BCUT2D eigenvalue weighted by Crippen LogP contribution is -2.30. The molecule has 0 aliphatic carbocycles. The van der Waals surface area contributed by atoms with Gasteiger partial charge in [0, 0.05) is 29.6 Å². The van der Waals surface area contributed by atoms with E-state index >= 15 is 0 Å². The Morgan fingerprint density at radius 2 is 1.86 bits per heavy atom. The van der Waals surface area contributed by atoms with Crippen LogP contribution in [0.2, 0.25) is 0 Å². The predicted molar refractivity (Wildman–Crippen MR) is 109 cm³/mol. The minimum atomic E-state index is -0.531. The first-order valence-electron chi connectivity index (χ1n) is 8.85. The van der Waals surface area contributed by atoms with Crippen molar-refractivity contribution in [3.63, 3.8) is 0 Å². The molecule has 0 radical (unpaired) electrons. The van der Waals surface area contributed by atoms with Gasteiger partial charge in [0.2, 0.25) is 0 Å². The van der Waals surface area contributed by atoms with Gasteiger partial charge in [-0.2, -0.15) is 5.10 Å². The minimum absolute atomic E-state index is 0.297.